The predicted octanol–water partition coefficient (Wildman–Crippen LogP) is 4.71. The first-order chi connectivity index (χ1) is 13.3. The molecular formula is C21H18N4OS. The zero-order valence-corrected chi connectivity index (χ0v) is 15.5. The van der Waals surface area contributed by atoms with Crippen LogP contribution in [0.15, 0.2) is 54.9 Å². The lowest BCUT2D eigenvalue weighted by Gasteiger charge is -2.15. The smallest absolute Gasteiger partial charge is 0.222 e. The standard InChI is InChI=1S/C21H18N4OS/c26-18-6-3-11-25(18)12-14-7-9-15(10-8-14)24-20-19-16-4-1-2-5-17(16)27-21(19)23-13-22-20/h1-2,4-5,7-10,13H,3,6,11-12H2,(H,22,23,24). The zero-order valence-electron chi connectivity index (χ0n) is 14.7. The van der Waals surface area contributed by atoms with Crippen molar-refractivity contribution in [1.29, 1.82) is 0 Å². The molecule has 3 heterocycles. The maximum absolute atomic E-state index is 11.8. The minimum atomic E-state index is 0.255. The number of nitrogens with one attached hydrogen (secondary N) is 1. The number of rotatable bonds is 4. The highest BCUT2D eigenvalue weighted by atomic mass is 32.1. The number of carbonyl (C=O) groups is 1. The molecule has 0 saturated carbocycles. The van der Waals surface area contributed by atoms with Crippen molar-refractivity contribution < 1.29 is 4.79 Å². The van der Waals surface area contributed by atoms with E-state index in [2.05, 4.69) is 39.6 Å². The third-order valence-corrected chi connectivity index (χ3v) is 6.02. The predicted molar refractivity (Wildman–Crippen MR) is 109 cm³/mol. The number of anilines is 2. The third-order valence-electron chi connectivity index (χ3n) is 4.94. The molecule has 0 atom stereocenters. The van der Waals surface area contributed by atoms with Crippen molar-refractivity contribution in [2.75, 3.05) is 11.9 Å². The maximum atomic E-state index is 11.8. The average Bonchev–Trinajstić information content (AvgIpc) is 3.27. The van der Waals surface area contributed by atoms with E-state index in [0.29, 0.717) is 13.0 Å². The Hall–Kier alpha value is -2.99. The van der Waals surface area contributed by atoms with Gasteiger partial charge in [-0.3, -0.25) is 4.79 Å². The normalized spacial score (nSPS) is 14.4. The van der Waals surface area contributed by atoms with Gasteiger partial charge in [-0.2, -0.15) is 0 Å². The zero-order chi connectivity index (χ0) is 18.2. The van der Waals surface area contributed by atoms with Crippen molar-refractivity contribution in [3.8, 4) is 0 Å². The van der Waals surface area contributed by atoms with Crippen LogP contribution in [0, 0.1) is 0 Å². The summed E-state index contributed by atoms with van der Waals surface area (Å²) in [7, 11) is 0. The van der Waals surface area contributed by atoms with E-state index in [1.165, 1.54) is 10.1 Å². The van der Waals surface area contributed by atoms with Crippen molar-refractivity contribution in [1.82, 2.24) is 14.9 Å². The highest BCUT2D eigenvalue weighted by Gasteiger charge is 2.19. The Balaban J connectivity index is 1.42. The van der Waals surface area contributed by atoms with E-state index in [4.69, 9.17) is 0 Å². The summed E-state index contributed by atoms with van der Waals surface area (Å²) in [6.45, 7) is 1.55. The van der Waals surface area contributed by atoms with E-state index >= 15 is 0 Å². The first kappa shape index (κ1) is 16.2. The van der Waals surface area contributed by atoms with Gasteiger partial charge in [-0.15, -0.1) is 11.3 Å². The molecule has 0 aliphatic carbocycles. The van der Waals surface area contributed by atoms with Crippen LogP contribution in [0.1, 0.15) is 18.4 Å². The van der Waals surface area contributed by atoms with Crippen LogP contribution >= 0.6 is 11.3 Å². The van der Waals surface area contributed by atoms with Gasteiger partial charge in [0.15, 0.2) is 0 Å². The van der Waals surface area contributed by atoms with Crippen LogP contribution in [0.4, 0.5) is 11.5 Å². The minimum absolute atomic E-state index is 0.255. The number of benzene rings is 2. The third kappa shape index (κ3) is 3.02. The van der Waals surface area contributed by atoms with Gasteiger partial charge in [0.05, 0.1) is 5.39 Å². The summed E-state index contributed by atoms with van der Waals surface area (Å²) in [5, 5.41) is 5.66. The summed E-state index contributed by atoms with van der Waals surface area (Å²) in [5.74, 6) is 1.07. The molecule has 0 unspecified atom stereocenters. The van der Waals surface area contributed by atoms with Crippen LogP contribution in [-0.2, 0) is 11.3 Å². The summed E-state index contributed by atoms with van der Waals surface area (Å²) in [6.07, 6.45) is 3.25. The Kier molecular flexibility index (Phi) is 3.98. The molecule has 134 valence electrons. The van der Waals surface area contributed by atoms with E-state index < -0.39 is 0 Å². The summed E-state index contributed by atoms with van der Waals surface area (Å²) in [6, 6.07) is 16.5. The van der Waals surface area contributed by atoms with E-state index in [-0.39, 0.29) is 5.91 Å². The lowest BCUT2D eigenvalue weighted by molar-refractivity contribution is -0.128. The molecule has 2 aromatic heterocycles. The fraction of sp³-hybridized carbons (Fsp3) is 0.190. The van der Waals surface area contributed by atoms with Crippen molar-refractivity contribution in [2.24, 2.45) is 0 Å². The second kappa shape index (κ2) is 6.63. The van der Waals surface area contributed by atoms with Gasteiger partial charge in [-0.05, 0) is 30.2 Å². The molecular weight excluding hydrogens is 356 g/mol. The molecule has 0 spiro atoms. The number of hydrogen-bond acceptors (Lipinski definition) is 5. The molecule has 0 radical (unpaired) electrons. The minimum Gasteiger partial charge on any atom is -0.340 e. The molecule has 5 nitrogen and oxygen atoms in total. The molecule has 1 aliphatic rings. The second-order valence-corrected chi connectivity index (χ2v) is 7.77. The first-order valence-electron chi connectivity index (χ1n) is 9.04. The molecule has 27 heavy (non-hydrogen) atoms. The quantitative estimate of drug-likeness (QED) is 0.562. The topological polar surface area (TPSA) is 58.1 Å². The lowest BCUT2D eigenvalue weighted by atomic mass is 10.2. The van der Waals surface area contributed by atoms with Crippen LogP contribution < -0.4 is 5.32 Å². The summed E-state index contributed by atoms with van der Waals surface area (Å²) < 4.78 is 1.21. The van der Waals surface area contributed by atoms with E-state index in [9.17, 15) is 4.79 Å². The number of amides is 1. The Labute approximate surface area is 160 Å². The van der Waals surface area contributed by atoms with Crippen molar-refractivity contribution in [2.45, 2.75) is 19.4 Å². The van der Waals surface area contributed by atoms with Gasteiger partial charge >= 0.3 is 0 Å². The fourth-order valence-electron chi connectivity index (χ4n) is 3.57. The SMILES string of the molecule is O=C1CCCN1Cc1ccc(Nc2ncnc3sc4ccccc4c23)cc1. The number of carbonyl (C=O) groups excluding carboxylic acids is 1. The van der Waals surface area contributed by atoms with E-state index in [1.807, 2.05) is 29.2 Å². The number of thiophene rings is 1. The van der Waals surface area contributed by atoms with Gasteiger partial charge < -0.3 is 10.2 Å². The molecule has 1 amide bonds. The highest BCUT2D eigenvalue weighted by Crippen LogP contribution is 2.36. The molecule has 6 heteroatoms. The largest absolute Gasteiger partial charge is 0.340 e. The van der Waals surface area contributed by atoms with Crippen LogP contribution in [0.2, 0.25) is 0 Å². The van der Waals surface area contributed by atoms with Gasteiger partial charge in [0.1, 0.15) is 17.0 Å². The summed E-state index contributed by atoms with van der Waals surface area (Å²) >= 11 is 1.68. The van der Waals surface area contributed by atoms with E-state index in [1.54, 1.807) is 17.7 Å². The van der Waals surface area contributed by atoms with Gasteiger partial charge in [0, 0.05) is 35.3 Å². The number of aromatic nitrogens is 2. The number of fused-ring (bicyclic) bond motifs is 3. The summed E-state index contributed by atoms with van der Waals surface area (Å²) in [4.78, 5) is 23.6. The molecule has 1 aliphatic heterocycles. The maximum Gasteiger partial charge on any atom is 0.222 e. The Bertz CT molecular complexity index is 1140. The molecule has 1 N–H and O–H groups in total. The molecule has 1 fully saturated rings. The van der Waals surface area contributed by atoms with E-state index in [0.717, 1.165) is 40.3 Å². The van der Waals surface area contributed by atoms with Crippen LogP contribution in [0.5, 0.6) is 0 Å². The first-order valence-corrected chi connectivity index (χ1v) is 9.85. The van der Waals surface area contributed by atoms with Gasteiger partial charge in [0.2, 0.25) is 5.91 Å². The second-order valence-electron chi connectivity index (χ2n) is 6.74. The van der Waals surface area contributed by atoms with Crippen LogP contribution in [-0.4, -0.2) is 27.3 Å². The average molecular weight is 374 g/mol. The number of hydrogen-bond donors (Lipinski definition) is 1. The molecule has 4 aromatic rings. The fourth-order valence-corrected chi connectivity index (χ4v) is 4.62. The lowest BCUT2D eigenvalue weighted by Crippen LogP contribution is -2.23. The van der Waals surface area contributed by atoms with Gasteiger partial charge in [-0.25, -0.2) is 9.97 Å². The molecule has 2 aromatic carbocycles. The van der Waals surface area contributed by atoms with Crippen LogP contribution in [0.3, 0.4) is 0 Å². The van der Waals surface area contributed by atoms with Crippen LogP contribution in [0.25, 0.3) is 20.3 Å². The molecule has 0 bridgehead atoms. The Morgan fingerprint density at radius 3 is 2.74 bits per heavy atom. The number of nitrogens with zero attached hydrogens (tertiary/aromatic N) is 3. The molecule has 1 saturated heterocycles. The Morgan fingerprint density at radius 1 is 1.07 bits per heavy atom. The van der Waals surface area contributed by atoms with Gasteiger partial charge in [0.25, 0.3) is 0 Å². The molecule has 5 rings (SSSR count). The number of likely N-dealkylation sites (tertiary alicyclic amines) is 1. The monoisotopic (exact) mass is 374 g/mol. The Morgan fingerprint density at radius 2 is 1.93 bits per heavy atom. The van der Waals surface area contributed by atoms with Crippen molar-refractivity contribution in [3.63, 3.8) is 0 Å². The van der Waals surface area contributed by atoms with Crippen molar-refractivity contribution in [3.05, 3.63) is 60.4 Å². The van der Waals surface area contributed by atoms with Crippen molar-refractivity contribution >= 4 is 49.1 Å². The summed E-state index contributed by atoms with van der Waals surface area (Å²) in [5.41, 5.74) is 2.12. The highest BCUT2D eigenvalue weighted by molar-refractivity contribution is 7.25. The van der Waals surface area contributed by atoms with Gasteiger partial charge in [-0.1, -0.05) is 30.3 Å².